The van der Waals surface area contributed by atoms with Crippen molar-refractivity contribution in [2.45, 2.75) is 18.1 Å². The van der Waals surface area contributed by atoms with Gasteiger partial charge in [-0.15, -0.1) is 0 Å². The molecule has 0 spiro atoms. The highest BCUT2D eigenvalue weighted by Gasteiger charge is 2.31. The molecule has 0 fully saturated rings. The van der Waals surface area contributed by atoms with E-state index in [0.29, 0.717) is 5.56 Å². The van der Waals surface area contributed by atoms with E-state index in [2.05, 4.69) is 10.3 Å². The molecule has 1 aromatic carbocycles. The summed E-state index contributed by atoms with van der Waals surface area (Å²) in [6.07, 6.45) is -3.38. The van der Waals surface area contributed by atoms with Gasteiger partial charge in [-0.1, -0.05) is 6.07 Å². The number of halogens is 3. The van der Waals surface area contributed by atoms with Gasteiger partial charge in [0.25, 0.3) is 0 Å². The van der Waals surface area contributed by atoms with Crippen molar-refractivity contribution in [2.24, 2.45) is 0 Å². The number of nitrogens with zero attached hydrogens (tertiary/aromatic N) is 1. The number of nitrogens with one attached hydrogen (secondary N) is 1. The lowest BCUT2D eigenvalue weighted by Gasteiger charge is -2.14. The van der Waals surface area contributed by atoms with E-state index in [1.54, 1.807) is 6.92 Å². The minimum Gasteiger partial charge on any atom is -0.353 e. The summed E-state index contributed by atoms with van der Waals surface area (Å²) in [5.41, 5.74) is -0.462. The molecule has 0 saturated carbocycles. The molecule has 0 saturated heterocycles. The highest BCUT2D eigenvalue weighted by Crippen LogP contribution is 2.33. The molecule has 0 atom stereocenters. The summed E-state index contributed by atoms with van der Waals surface area (Å²) in [6, 6.07) is 5.72. The number of rotatable bonds is 3. The minimum absolute atomic E-state index is 0.0627. The predicted molar refractivity (Wildman–Crippen MR) is 73.5 cm³/mol. The van der Waals surface area contributed by atoms with Gasteiger partial charge >= 0.3 is 16.3 Å². The molecule has 5 nitrogen and oxygen atoms in total. The van der Waals surface area contributed by atoms with E-state index in [1.807, 2.05) is 0 Å². The van der Waals surface area contributed by atoms with Crippen LogP contribution in [0.25, 0.3) is 0 Å². The normalized spacial score (nSPS) is 12.2. The maximum absolute atomic E-state index is 12.7. The van der Waals surface area contributed by atoms with Gasteiger partial charge in [0.1, 0.15) is 0 Å². The van der Waals surface area contributed by atoms with Gasteiger partial charge in [-0.05, 0) is 36.8 Å². The molecule has 0 aliphatic heterocycles. The van der Waals surface area contributed by atoms with Crippen LogP contribution in [0.5, 0.6) is 0 Å². The minimum atomic E-state index is -4.60. The van der Waals surface area contributed by atoms with Crippen molar-refractivity contribution in [3.8, 4) is 0 Å². The summed E-state index contributed by atoms with van der Waals surface area (Å²) in [5, 5.41) is 1.90. The van der Waals surface area contributed by atoms with Gasteiger partial charge in [0.15, 0.2) is 0 Å². The fourth-order valence-electron chi connectivity index (χ4n) is 1.77. The summed E-state index contributed by atoms with van der Waals surface area (Å²) in [6.45, 7) is 1.56. The van der Waals surface area contributed by atoms with Crippen molar-refractivity contribution in [3.05, 3.63) is 47.7 Å². The molecule has 0 aliphatic rings. The molecule has 2 N–H and O–H groups in total. The fourth-order valence-corrected chi connectivity index (χ4v) is 2.36. The second-order valence-corrected chi connectivity index (χ2v) is 5.82. The Morgan fingerprint density at radius 1 is 1.18 bits per heavy atom. The van der Waals surface area contributed by atoms with Gasteiger partial charge < -0.3 is 5.32 Å². The topological polar surface area (TPSA) is 79.3 Å². The molecule has 1 aromatic heterocycles. The zero-order valence-electron chi connectivity index (χ0n) is 11.2. The monoisotopic (exact) mass is 332 g/mol. The van der Waals surface area contributed by atoms with Gasteiger partial charge in [-0.25, -0.2) is 4.98 Å². The van der Waals surface area contributed by atoms with Gasteiger partial charge in [0.2, 0.25) is 5.03 Å². The Kier molecular flexibility index (Phi) is 4.12. The Balaban J connectivity index is 2.49. The largest absolute Gasteiger partial charge is 0.416 e. The summed E-state index contributed by atoms with van der Waals surface area (Å²) >= 11 is 0. The van der Waals surface area contributed by atoms with Crippen LogP contribution in [0.1, 0.15) is 11.1 Å². The average molecular weight is 332 g/mol. The van der Waals surface area contributed by atoms with Gasteiger partial charge in [-0.3, -0.25) is 4.55 Å². The van der Waals surface area contributed by atoms with Crippen molar-refractivity contribution in [2.75, 3.05) is 5.32 Å². The fraction of sp³-hybridized carbons (Fsp3) is 0.154. The highest BCUT2D eigenvalue weighted by atomic mass is 32.2. The molecule has 0 amide bonds. The van der Waals surface area contributed by atoms with Crippen LogP contribution >= 0.6 is 0 Å². The SMILES string of the molecule is Cc1ccc(C(F)(F)F)cc1Nc1cccnc1S(=O)(=O)O. The number of hydrogen-bond acceptors (Lipinski definition) is 4. The van der Waals surface area contributed by atoms with Gasteiger partial charge in [0.05, 0.1) is 11.3 Å². The molecule has 22 heavy (non-hydrogen) atoms. The number of alkyl halides is 3. The molecular formula is C13H11F3N2O3S. The standard InChI is InChI=1S/C13H11F3N2O3S/c1-8-4-5-9(13(14,15)16)7-11(8)18-10-3-2-6-17-12(10)22(19,20)21/h2-7,18H,1H3,(H,19,20,21). The number of benzene rings is 1. The summed E-state index contributed by atoms with van der Waals surface area (Å²) in [4.78, 5) is 3.52. The molecule has 0 aliphatic carbocycles. The zero-order valence-corrected chi connectivity index (χ0v) is 12.0. The van der Waals surface area contributed by atoms with Crippen molar-refractivity contribution in [1.29, 1.82) is 0 Å². The third-order valence-corrected chi connectivity index (χ3v) is 3.66. The molecule has 9 heteroatoms. The molecule has 0 unspecified atom stereocenters. The summed E-state index contributed by atoms with van der Waals surface area (Å²) in [7, 11) is -4.60. The predicted octanol–water partition coefficient (Wildman–Crippen LogP) is 3.40. The smallest absolute Gasteiger partial charge is 0.353 e. The lowest BCUT2D eigenvalue weighted by atomic mass is 10.1. The number of pyridine rings is 1. The first-order valence-electron chi connectivity index (χ1n) is 5.96. The van der Waals surface area contributed by atoms with E-state index in [1.165, 1.54) is 18.2 Å². The van der Waals surface area contributed by atoms with Crippen LogP contribution in [-0.2, 0) is 16.3 Å². The van der Waals surface area contributed by atoms with E-state index in [9.17, 15) is 21.6 Å². The quantitative estimate of drug-likeness (QED) is 0.842. The van der Waals surface area contributed by atoms with Crippen LogP contribution in [0.15, 0.2) is 41.6 Å². The van der Waals surface area contributed by atoms with Crippen LogP contribution in [0.2, 0.25) is 0 Å². The number of aryl methyl sites for hydroxylation is 1. The second kappa shape index (κ2) is 5.58. The van der Waals surface area contributed by atoms with Crippen molar-refractivity contribution < 1.29 is 26.1 Å². The van der Waals surface area contributed by atoms with E-state index in [0.717, 1.165) is 18.3 Å². The lowest BCUT2D eigenvalue weighted by molar-refractivity contribution is -0.137. The van der Waals surface area contributed by atoms with Crippen LogP contribution < -0.4 is 5.32 Å². The van der Waals surface area contributed by atoms with Gasteiger partial charge in [-0.2, -0.15) is 21.6 Å². The van der Waals surface area contributed by atoms with E-state index in [-0.39, 0.29) is 11.4 Å². The van der Waals surface area contributed by atoms with Crippen LogP contribution in [0.4, 0.5) is 24.5 Å². The molecule has 0 radical (unpaired) electrons. The lowest BCUT2D eigenvalue weighted by Crippen LogP contribution is -2.08. The first-order chi connectivity index (χ1) is 10.1. The second-order valence-electron chi connectivity index (χ2n) is 4.48. The molecule has 2 rings (SSSR count). The summed E-state index contributed by atoms with van der Waals surface area (Å²) < 4.78 is 69.7. The third kappa shape index (κ3) is 3.55. The number of hydrogen-bond donors (Lipinski definition) is 2. The Morgan fingerprint density at radius 2 is 1.86 bits per heavy atom. The third-order valence-electron chi connectivity index (χ3n) is 2.85. The van der Waals surface area contributed by atoms with E-state index in [4.69, 9.17) is 4.55 Å². The van der Waals surface area contributed by atoms with Crippen LogP contribution in [0.3, 0.4) is 0 Å². The van der Waals surface area contributed by atoms with Crippen LogP contribution in [0, 0.1) is 6.92 Å². The first-order valence-corrected chi connectivity index (χ1v) is 7.40. The molecular weight excluding hydrogens is 321 g/mol. The van der Waals surface area contributed by atoms with Crippen molar-refractivity contribution in [1.82, 2.24) is 4.98 Å². The molecule has 1 heterocycles. The van der Waals surface area contributed by atoms with Gasteiger partial charge in [0, 0.05) is 11.9 Å². The first kappa shape index (κ1) is 16.2. The van der Waals surface area contributed by atoms with E-state index >= 15 is 0 Å². The Morgan fingerprint density at radius 3 is 2.45 bits per heavy atom. The zero-order chi connectivity index (χ0) is 16.5. The van der Waals surface area contributed by atoms with Crippen molar-refractivity contribution >= 4 is 21.5 Å². The Hall–Kier alpha value is -2.13. The number of anilines is 2. The molecule has 2 aromatic rings. The summed E-state index contributed by atoms with van der Waals surface area (Å²) in [5.74, 6) is 0. The molecule has 0 bridgehead atoms. The van der Waals surface area contributed by atoms with Crippen LogP contribution in [-0.4, -0.2) is 18.0 Å². The molecule has 118 valence electrons. The maximum Gasteiger partial charge on any atom is 0.416 e. The Labute approximate surface area is 124 Å². The van der Waals surface area contributed by atoms with Crippen molar-refractivity contribution in [3.63, 3.8) is 0 Å². The highest BCUT2D eigenvalue weighted by molar-refractivity contribution is 7.85. The Bertz CT molecular complexity index is 804. The average Bonchev–Trinajstić information content (AvgIpc) is 2.39. The maximum atomic E-state index is 12.7. The number of aromatic nitrogens is 1. The van der Waals surface area contributed by atoms with E-state index < -0.39 is 26.9 Å².